The van der Waals surface area contributed by atoms with Crippen LogP contribution in [0.2, 0.25) is 18.1 Å². The van der Waals surface area contributed by atoms with Crippen LogP contribution < -0.4 is 15.1 Å². The normalized spacial score (nSPS) is 15.1. The predicted octanol–water partition coefficient (Wildman–Crippen LogP) is 3.15. The summed E-state index contributed by atoms with van der Waals surface area (Å²) in [5.74, 6) is 0.997. The standard InChI is InChI=1S/C15H15ClOSi/c1-17-12-8-4-6-10-14-11(16)7-5-9-13(14)18(2,3)15(10)12/h4-9H,1-3H3. The van der Waals surface area contributed by atoms with Crippen molar-refractivity contribution in [3.05, 3.63) is 41.4 Å². The fourth-order valence-corrected chi connectivity index (χ4v) is 6.72. The highest BCUT2D eigenvalue weighted by Crippen LogP contribution is 2.36. The van der Waals surface area contributed by atoms with E-state index in [1.807, 2.05) is 24.3 Å². The van der Waals surface area contributed by atoms with E-state index in [1.54, 1.807) is 7.11 Å². The first-order chi connectivity index (χ1) is 8.57. The highest BCUT2D eigenvalue weighted by molar-refractivity contribution is 7.04. The van der Waals surface area contributed by atoms with Gasteiger partial charge >= 0.3 is 0 Å². The molecule has 2 aromatic carbocycles. The van der Waals surface area contributed by atoms with Gasteiger partial charge in [0.15, 0.2) is 0 Å². The Labute approximate surface area is 113 Å². The van der Waals surface area contributed by atoms with E-state index >= 15 is 0 Å². The zero-order valence-electron chi connectivity index (χ0n) is 10.8. The molecule has 0 bridgehead atoms. The van der Waals surface area contributed by atoms with Gasteiger partial charge in [-0.1, -0.05) is 49.0 Å². The van der Waals surface area contributed by atoms with Crippen molar-refractivity contribution in [1.29, 1.82) is 0 Å². The molecule has 0 amide bonds. The van der Waals surface area contributed by atoms with Crippen molar-refractivity contribution in [1.82, 2.24) is 0 Å². The van der Waals surface area contributed by atoms with Gasteiger partial charge in [0.25, 0.3) is 0 Å². The van der Waals surface area contributed by atoms with Crippen LogP contribution in [0, 0.1) is 0 Å². The molecule has 92 valence electrons. The first-order valence-electron chi connectivity index (χ1n) is 6.04. The van der Waals surface area contributed by atoms with Gasteiger partial charge < -0.3 is 4.74 Å². The van der Waals surface area contributed by atoms with Gasteiger partial charge in [-0.3, -0.25) is 0 Å². The molecular formula is C15H15ClOSi. The minimum atomic E-state index is -1.69. The molecule has 3 heteroatoms. The van der Waals surface area contributed by atoms with Crippen LogP contribution in [-0.2, 0) is 0 Å². The fraction of sp³-hybridized carbons (Fsp3) is 0.200. The number of hydrogen-bond acceptors (Lipinski definition) is 1. The number of benzene rings is 2. The Morgan fingerprint density at radius 1 is 1.06 bits per heavy atom. The Bertz CT molecular complexity index is 634. The van der Waals surface area contributed by atoms with Crippen LogP contribution in [0.1, 0.15) is 0 Å². The third-order valence-corrected chi connectivity index (χ3v) is 7.67. The minimum Gasteiger partial charge on any atom is -0.497 e. The molecule has 1 heterocycles. The topological polar surface area (TPSA) is 9.23 Å². The van der Waals surface area contributed by atoms with E-state index in [9.17, 15) is 0 Å². The summed E-state index contributed by atoms with van der Waals surface area (Å²) in [5, 5.41) is 3.63. The van der Waals surface area contributed by atoms with Crippen molar-refractivity contribution in [3.8, 4) is 16.9 Å². The Kier molecular flexibility index (Phi) is 2.54. The lowest BCUT2D eigenvalue weighted by Crippen LogP contribution is -2.49. The van der Waals surface area contributed by atoms with E-state index in [1.165, 1.54) is 21.5 Å². The van der Waals surface area contributed by atoms with E-state index in [2.05, 4.69) is 25.2 Å². The van der Waals surface area contributed by atoms with Crippen molar-refractivity contribution >= 4 is 30.0 Å². The fourth-order valence-electron chi connectivity index (χ4n) is 3.01. The maximum Gasteiger partial charge on any atom is 0.119 e. The molecule has 0 fully saturated rings. The molecule has 0 saturated carbocycles. The van der Waals surface area contributed by atoms with Crippen LogP contribution in [0.25, 0.3) is 11.1 Å². The third-order valence-electron chi connectivity index (χ3n) is 3.83. The number of halogens is 1. The molecule has 3 rings (SSSR count). The van der Waals surface area contributed by atoms with Crippen molar-refractivity contribution in [2.45, 2.75) is 13.1 Å². The second-order valence-corrected chi connectivity index (χ2v) is 9.87. The number of methoxy groups -OCH3 is 1. The number of rotatable bonds is 1. The van der Waals surface area contributed by atoms with Gasteiger partial charge in [-0.15, -0.1) is 0 Å². The maximum atomic E-state index is 6.40. The quantitative estimate of drug-likeness (QED) is 0.726. The molecule has 0 unspecified atom stereocenters. The summed E-state index contributed by atoms with van der Waals surface area (Å²) in [5.41, 5.74) is 2.47. The van der Waals surface area contributed by atoms with Gasteiger partial charge in [0.2, 0.25) is 0 Å². The lowest BCUT2D eigenvalue weighted by molar-refractivity contribution is 0.418. The highest BCUT2D eigenvalue weighted by Gasteiger charge is 2.40. The predicted molar refractivity (Wildman–Crippen MR) is 80.2 cm³/mol. The van der Waals surface area contributed by atoms with Gasteiger partial charge in [-0.05, 0) is 33.6 Å². The van der Waals surface area contributed by atoms with Crippen molar-refractivity contribution in [2.24, 2.45) is 0 Å². The number of ether oxygens (including phenoxy) is 1. The second-order valence-electron chi connectivity index (χ2n) is 5.17. The van der Waals surface area contributed by atoms with Gasteiger partial charge in [-0.25, -0.2) is 0 Å². The zero-order chi connectivity index (χ0) is 12.9. The largest absolute Gasteiger partial charge is 0.497 e. The molecule has 0 aliphatic carbocycles. The van der Waals surface area contributed by atoms with E-state index in [4.69, 9.17) is 16.3 Å². The summed E-state index contributed by atoms with van der Waals surface area (Å²) < 4.78 is 5.56. The van der Waals surface area contributed by atoms with Crippen molar-refractivity contribution in [3.63, 3.8) is 0 Å². The van der Waals surface area contributed by atoms with Gasteiger partial charge in [0.1, 0.15) is 13.8 Å². The van der Waals surface area contributed by atoms with E-state index in [0.717, 1.165) is 10.8 Å². The summed E-state index contributed by atoms with van der Waals surface area (Å²) in [6, 6.07) is 12.5. The summed E-state index contributed by atoms with van der Waals surface area (Å²) in [6.07, 6.45) is 0. The minimum absolute atomic E-state index is 0.847. The molecule has 1 aliphatic rings. The SMILES string of the molecule is COc1cccc2c1[Si](C)(C)c1cccc(Cl)c1-2. The van der Waals surface area contributed by atoms with Crippen molar-refractivity contribution < 1.29 is 4.74 Å². The molecule has 2 aromatic rings. The summed E-state index contributed by atoms with van der Waals surface area (Å²) in [7, 11) is 0.0529. The van der Waals surface area contributed by atoms with Gasteiger partial charge in [0, 0.05) is 5.02 Å². The third kappa shape index (κ3) is 1.39. The number of fused-ring (bicyclic) bond motifs is 3. The second kappa shape index (κ2) is 3.87. The Balaban J connectivity index is 2.43. The molecule has 0 saturated heterocycles. The summed E-state index contributed by atoms with van der Waals surface area (Å²) in [6.45, 7) is 4.72. The first-order valence-corrected chi connectivity index (χ1v) is 9.42. The lowest BCUT2D eigenvalue weighted by atomic mass is 10.1. The molecule has 0 radical (unpaired) electrons. The zero-order valence-corrected chi connectivity index (χ0v) is 12.5. The van der Waals surface area contributed by atoms with E-state index in [0.29, 0.717) is 0 Å². The lowest BCUT2D eigenvalue weighted by Gasteiger charge is -2.20. The molecule has 18 heavy (non-hydrogen) atoms. The first kappa shape index (κ1) is 11.8. The Morgan fingerprint density at radius 3 is 2.50 bits per heavy atom. The molecule has 0 spiro atoms. The van der Waals surface area contributed by atoms with E-state index < -0.39 is 8.07 Å². The van der Waals surface area contributed by atoms with Crippen LogP contribution in [0.3, 0.4) is 0 Å². The van der Waals surface area contributed by atoms with Crippen LogP contribution in [0.5, 0.6) is 5.75 Å². The van der Waals surface area contributed by atoms with Crippen LogP contribution in [0.15, 0.2) is 36.4 Å². The van der Waals surface area contributed by atoms with Gasteiger partial charge in [-0.2, -0.15) is 0 Å². The average Bonchev–Trinajstić information content (AvgIpc) is 2.60. The molecule has 0 aromatic heterocycles. The Hall–Kier alpha value is -1.25. The summed E-state index contributed by atoms with van der Waals surface area (Å²) >= 11 is 6.40. The Morgan fingerprint density at radius 2 is 1.78 bits per heavy atom. The monoisotopic (exact) mass is 274 g/mol. The number of hydrogen-bond donors (Lipinski definition) is 0. The average molecular weight is 275 g/mol. The molecule has 0 atom stereocenters. The maximum absolute atomic E-state index is 6.40. The summed E-state index contributed by atoms with van der Waals surface area (Å²) in [4.78, 5) is 0. The van der Waals surface area contributed by atoms with Crippen molar-refractivity contribution in [2.75, 3.05) is 7.11 Å². The molecule has 1 nitrogen and oxygen atoms in total. The highest BCUT2D eigenvalue weighted by atomic mass is 35.5. The van der Waals surface area contributed by atoms with E-state index in [-0.39, 0.29) is 0 Å². The van der Waals surface area contributed by atoms with Crippen LogP contribution in [-0.4, -0.2) is 15.2 Å². The van der Waals surface area contributed by atoms with Gasteiger partial charge in [0.05, 0.1) is 7.11 Å². The molecule has 1 aliphatic heterocycles. The van der Waals surface area contributed by atoms with Crippen LogP contribution >= 0.6 is 11.6 Å². The van der Waals surface area contributed by atoms with Crippen LogP contribution in [0.4, 0.5) is 0 Å². The smallest absolute Gasteiger partial charge is 0.119 e. The molecular weight excluding hydrogens is 260 g/mol. The molecule has 0 N–H and O–H groups in total.